The van der Waals surface area contributed by atoms with Crippen molar-refractivity contribution in [1.29, 1.82) is 0 Å². The highest BCUT2D eigenvalue weighted by Crippen LogP contribution is 2.30. The van der Waals surface area contributed by atoms with Crippen LogP contribution < -0.4 is 19.5 Å². The molecule has 0 bridgehead atoms. The molecule has 2 aromatic rings. The smallest absolute Gasteiger partial charge is 0.251 e. The summed E-state index contributed by atoms with van der Waals surface area (Å²) in [5, 5.41) is 2.81. The van der Waals surface area contributed by atoms with E-state index in [1.165, 1.54) is 12.1 Å². The first kappa shape index (κ1) is 20.6. The van der Waals surface area contributed by atoms with Crippen LogP contribution in [0.25, 0.3) is 0 Å². The fourth-order valence-corrected chi connectivity index (χ4v) is 4.49. The van der Waals surface area contributed by atoms with Crippen molar-refractivity contribution >= 4 is 15.9 Å². The number of fused-ring (bicyclic) bond motifs is 1. The molecule has 4 rings (SSSR count). The Kier molecular flexibility index (Phi) is 6.21. The molecule has 1 amide bonds. The Morgan fingerprint density at radius 3 is 2.67 bits per heavy atom. The zero-order valence-corrected chi connectivity index (χ0v) is 17.2. The molecule has 0 spiro atoms. The van der Waals surface area contributed by atoms with E-state index in [1.54, 1.807) is 12.1 Å². The molecule has 0 saturated carbocycles. The summed E-state index contributed by atoms with van der Waals surface area (Å²) in [7, 11) is -3.72. The molecule has 9 heteroatoms. The largest absolute Gasteiger partial charge is 0.486 e. The van der Waals surface area contributed by atoms with E-state index in [1.807, 2.05) is 18.2 Å². The van der Waals surface area contributed by atoms with Crippen molar-refractivity contribution in [2.24, 2.45) is 0 Å². The van der Waals surface area contributed by atoms with E-state index in [9.17, 15) is 13.2 Å². The van der Waals surface area contributed by atoms with Crippen molar-refractivity contribution in [3.8, 4) is 11.5 Å². The third-order valence-corrected chi connectivity index (χ3v) is 6.41. The van der Waals surface area contributed by atoms with E-state index < -0.39 is 10.0 Å². The molecule has 160 valence electrons. The number of sulfonamides is 1. The SMILES string of the molecule is O=C(NCc1ccc2c(c1)OCCO2)c1cccc(S(=O)(=O)NCC2CCCO2)c1. The average Bonchev–Trinajstić information content (AvgIpc) is 3.30. The number of carbonyl (C=O) groups is 1. The quantitative estimate of drug-likeness (QED) is 0.692. The van der Waals surface area contributed by atoms with E-state index in [0.717, 1.165) is 18.4 Å². The molecule has 1 saturated heterocycles. The van der Waals surface area contributed by atoms with E-state index >= 15 is 0 Å². The summed E-state index contributed by atoms with van der Waals surface area (Å²) >= 11 is 0. The standard InChI is InChI=1S/C21H24N2O6S/c24-21(22-13-15-6-7-19-20(11-15)29-10-9-28-19)16-3-1-5-18(12-16)30(25,26)23-14-17-4-2-8-27-17/h1,3,5-7,11-12,17,23H,2,4,8-10,13-14H2,(H,22,24). The summed E-state index contributed by atoms with van der Waals surface area (Å²) in [4.78, 5) is 12.6. The van der Waals surface area contributed by atoms with Gasteiger partial charge in [0.2, 0.25) is 10.0 Å². The lowest BCUT2D eigenvalue weighted by atomic mass is 10.1. The zero-order valence-electron chi connectivity index (χ0n) is 16.4. The molecule has 2 N–H and O–H groups in total. The fourth-order valence-electron chi connectivity index (χ4n) is 3.38. The molecule has 0 aliphatic carbocycles. The second kappa shape index (κ2) is 9.03. The van der Waals surface area contributed by atoms with E-state index in [0.29, 0.717) is 31.3 Å². The summed E-state index contributed by atoms with van der Waals surface area (Å²) < 4.78 is 44.2. The lowest BCUT2D eigenvalue weighted by Gasteiger charge is -2.19. The number of nitrogens with one attached hydrogen (secondary N) is 2. The third-order valence-electron chi connectivity index (χ3n) is 4.99. The van der Waals surface area contributed by atoms with Gasteiger partial charge in [0.1, 0.15) is 13.2 Å². The minimum Gasteiger partial charge on any atom is -0.486 e. The van der Waals surface area contributed by atoms with Gasteiger partial charge in [-0.2, -0.15) is 0 Å². The van der Waals surface area contributed by atoms with Crippen molar-refractivity contribution in [1.82, 2.24) is 10.0 Å². The van der Waals surface area contributed by atoms with Gasteiger partial charge in [-0.25, -0.2) is 13.1 Å². The Morgan fingerprint density at radius 2 is 1.87 bits per heavy atom. The summed E-state index contributed by atoms with van der Waals surface area (Å²) in [6, 6.07) is 11.5. The molecular weight excluding hydrogens is 408 g/mol. The minimum atomic E-state index is -3.72. The molecule has 1 fully saturated rings. The first-order valence-electron chi connectivity index (χ1n) is 9.89. The van der Waals surface area contributed by atoms with Crippen molar-refractivity contribution in [3.05, 3.63) is 53.6 Å². The van der Waals surface area contributed by atoms with Crippen molar-refractivity contribution in [3.63, 3.8) is 0 Å². The van der Waals surface area contributed by atoms with Gasteiger partial charge in [0.25, 0.3) is 5.91 Å². The van der Waals surface area contributed by atoms with Crippen LogP contribution in [0.1, 0.15) is 28.8 Å². The van der Waals surface area contributed by atoms with Gasteiger partial charge in [0.15, 0.2) is 11.5 Å². The first-order valence-corrected chi connectivity index (χ1v) is 11.4. The van der Waals surface area contributed by atoms with Gasteiger partial charge in [0.05, 0.1) is 11.0 Å². The molecule has 2 aromatic carbocycles. The Morgan fingerprint density at radius 1 is 1.03 bits per heavy atom. The van der Waals surface area contributed by atoms with Crippen LogP contribution in [0.2, 0.25) is 0 Å². The molecule has 2 aliphatic rings. The summed E-state index contributed by atoms with van der Waals surface area (Å²) in [5.74, 6) is 0.976. The highest BCUT2D eigenvalue weighted by molar-refractivity contribution is 7.89. The molecule has 1 atom stereocenters. The predicted molar refractivity (Wildman–Crippen MR) is 109 cm³/mol. The number of amides is 1. The lowest BCUT2D eigenvalue weighted by molar-refractivity contribution is 0.0950. The van der Waals surface area contributed by atoms with Crippen LogP contribution in [-0.4, -0.2) is 46.8 Å². The van der Waals surface area contributed by atoms with E-state index in [4.69, 9.17) is 14.2 Å². The normalized spacial score (nSPS) is 18.2. The van der Waals surface area contributed by atoms with Gasteiger partial charge >= 0.3 is 0 Å². The number of rotatable bonds is 7. The number of carbonyl (C=O) groups excluding carboxylic acids is 1. The Hall–Kier alpha value is -2.62. The van der Waals surface area contributed by atoms with Crippen LogP contribution in [0.15, 0.2) is 47.4 Å². The molecule has 0 aromatic heterocycles. The Labute approximate surface area is 175 Å². The Bertz CT molecular complexity index is 1020. The summed E-state index contributed by atoms with van der Waals surface area (Å²) in [6.07, 6.45) is 1.67. The van der Waals surface area contributed by atoms with Gasteiger partial charge in [-0.3, -0.25) is 4.79 Å². The van der Waals surface area contributed by atoms with Crippen LogP contribution >= 0.6 is 0 Å². The highest BCUT2D eigenvalue weighted by Gasteiger charge is 2.21. The summed E-state index contributed by atoms with van der Waals surface area (Å²) in [5.41, 5.74) is 1.13. The lowest BCUT2D eigenvalue weighted by Crippen LogP contribution is -2.32. The number of hydrogen-bond donors (Lipinski definition) is 2. The minimum absolute atomic E-state index is 0.0486. The van der Waals surface area contributed by atoms with Gasteiger partial charge < -0.3 is 19.5 Å². The van der Waals surface area contributed by atoms with E-state index in [2.05, 4.69) is 10.0 Å². The second-order valence-electron chi connectivity index (χ2n) is 7.18. The predicted octanol–water partition coefficient (Wildman–Crippen LogP) is 1.85. The maximum atomic E-state index is 12.6. The van der Waals surface area contributed by atoms with Crippen LogP contribution in [0.4, 0.5) is 0 Å². The number of hydrogen-bond acceptors (Lipinski definition) is 6. The number of benzene rings is 2. The highest BCUT2D eigenvalue weighted by atomic mass is 32.2. The summed E-state index contributed by atoms with van der Waals surface area (Å²) in [6.45, 7) is 2.17. The molecule has 8 nitrogen and oxygen atoms in total. The molecule has 2 heterocycles. The van der Waals surface area contributed by atoms with Crippen LogP contribution in [0, 0.1) is 0 Å². The van der Waals surface area contributed by atoms with Gasteiger partial charge in [0, 0.05) is 25.3 Å². The average molecular weight is 432 g/mol. The van der Waals surface area contributed by atoms with Crippen LogP contribution in [0.3, 0.4) is 0 Å². The van der Waals surface area contributed by atoms with Gasteiger partial charge in [-0.05, 0) is 48.7 Å². The first-order chi connectivity index (χ1) is 14.5. The molecule has 2 aliphatic heterocycles. The maximum Gasteiger partial charge on any atom is 0.251 e. The van der Waals surface area contributed by atoms with Crippen molar-refractivity contribution < 1.29 is 27.4 Å². The van der Waals surface area contributed by atoms with Crippen molar-refractivity contribution in [2.45, 2.75) is 30.4 Å². The monoisotopic (exact) mass is 432 g/mol. The van der Waals surface area contributed by atoms with Gasteiger partial charge in [-0.1, -0.05) is 12.1 Å². The molecule has 30 heavy (non-hydrogen) atoms. The maximum absolute atomic E-state index is 12.6. The number of ether oxygens (including phenoxy) is 3. The Balaban J connectivity index is 1.38. The second-order valence-corrected chi connectivity index (χ2v) is 8.94. The zero-order chi connectivity index (χ0) is 21.0. The fraction of sp³-hybridized carbons (Fsp3) is 0.381. The van der Waals surface area contributed by atoms with Crippen LogP contribution in [-0.2, 0) is 21.3 Å². The molecule has 1 unspecified atom stereocenters. The van der Waals surface area contributed by atoms with Gasteiger partial charge in [-0.15, -0.1) is 0 Å². The molecule has 0 radical (unpaired) electrons. The third kappa shape index (κ3) is 4.92. The molecular formula is C21H24N2O6S. The topological polar surface area (TPSA) is 103 Å². The van der Waals surface area contributed by atoms with E-state index in [-0.39, 0.29) is 35.6 Å². The van der Waals surface area contributed by atoms with Crippen LogP contribution in [0.5, 0.6) is 11.5 Å². The van der Waals surface area contributed by atoms with Crippen molar-refractivity contribution in [2.75, 3.05) is 26.4 Å².